The fourth-order valence-electron chi connectivity index (χ4n) is 2.50. The van der Waals surface area contributed by atoms with Crippen molar-refractivity contribution in [1.29, 1.82) is 0 Å². The van der Waals surface area contributed by atoms with Crippen LogP contribution < -0.4 is 5.73 Å². The molecule has 3 nitrogen and oxygen atoms in total. The van der Waals surface area contributed by atoms with E-state index < -0.39 is 0 Å². The summed E-state index contributed by atoms with van der Waals surface area (Å²) in [5.41, 5.74) is 7.01. The van der Waals surface area contributed by atoms with E-state index in [-0.39, 0.29) is 0 Å². The van der Waals surface area contributed by atoms with Crippen molar-refractivity contribution in [2.45, 2.75) is 13.0 Å². The molecule has 1 aliphatic heterocycles. The van der Waals surface area contributed by atoms with E-state index in [1.54, 1.807) is 0 Å². The fourth-order valence-corrected chi connectivity index (χ4v) is 2.50. The number of piperazine rings is 1. The molecule has 1 aromatic rings. The van der Waals surface area contributed by atoms with E-state index in [4.69, 9.17) is 5.73 Å². The van der Waals surface area contributed by atoms with E-state index in [0.717, 1.165) is 39.3 Å². The molecule has 94 valence electrons. The topological polar surface area (TPSA) is 32.5 Å². The molecule has 1 atom stereocenters. The lowest BCUT2D eigenvalue weighted by atomic mass is 10.1. The highest BCUT2D eigenvalue weighted by molar-refractivity contribution is 5.18. The average molecular weight is 233 g/mol. The van der Waals surface area contributed by atoms with Crippen molar-refractivity contribution in [3.8, 4) is 0 Å². The Morgan fingerprint density at radius 2 is 1.76 bits per heavy atom. The Hall–Kier alpha value is -0.900. The molecule has 2 rings (SSSR count). The van der Waals surface area contributed by atoms with E-state index in [1.165, 1.54) is 5.56 Å². The van der Waals surface area contributed by atoms with Gasteiger partial charge in [-0.1, -0.05) is 30.3 Å². The molecule has 1 unspecified atom stereocenters. The van der Waals surface area contributed by atoms with Gasteiger partial charge in [0.1, 0.15) is 0 Å². The predicted molar refractivity (Wildman–Crippen MR) is 71.9 cm³/mol. The molecule has 1 saturated heterocycles. The average Bonchev–Trinajstić information content (AvgIpc) is 2.40. The van der Waals surface area contributed by atoms with Gasteiger partial charge in [0, 0.05) is 45.3 Å². The van der Waals surface area contributed by atoms with Gasteiger partial charge in [0.15, 0.2) is 0 Å². The third kappa shape index (κ3) is 3.28. The molecule has 3 heteroatoms. The molecule has 0 saturated carbocycles. The maximum Gasteiger partial charge on any atom is 0.0320 e. The van der Waals surface area contributed by atoms with Crippen LogP contribution in [0, 0.1) is 0 Å². The quantitative estimate of drug-likeness (QED) is 0.851. The first-order valence-electron chi connectivity index (χ1n) is 6.52. The van der Waals surface area contributed by atoms with Crippen LogP contribution in [-0.4, -0.2) is 49.1 Å². The second-order valence-electron chi connectivity index (χ2n) is 4.75. The Morgan fingerprint density at radius 3 is 2.35 bits per heavy atom. The van der Waals surface area contributed by atoms with Crippen molar-refractivity contribution >= 4 is 0 Å². The summed E-state index contributed by atoms with van der Waals surface area (Å²) < 4.78 is 0. The van der Waals surface area contributed by atoms with Gasteiger partial charge in [0.05, 0.1) is 0 Å². The van der Waals surface area contributed by atoms with Crippen LogP contribution in [0.15, 0.2) is 30.3 Å². The zero-order valence-corrected chi connectivity index (χ0v) is 10.7. The number of rotatable bonds is 4. The van der Waals surface area contributed by atoms with Gasteiger partial charge in [0.25, 0.3) is 0 Å². The lowest BCUT2D eigenvalue weighted by Crippen LogP contribution is -2.48. The van der Waals surface area contributed by atoms with Crippen molar-refractivity contribution in [2.24, 2.45) is 5.73 Å². The highest BCUT2D eigenvalue weighted by Gasteiger charge is 2.21. The monoisotopic (exact) mass is 233 g/mol. The van der Waals surface area contributed by atoms with E-state index in [1.807, 2.05) is 0 Å². The SMILES string of the molecule is CC(c1ccccc1)N1CCN(CCN)CC1. The molecular formula is C14H23N3. The Labute approximate surface area is 104 Å². The van der Waals surface area contributed by atoms with Crippen LogP contribution in [0.5, 0.6) is 0 Å². The molecule has 0 amide bonds. The van der Waals surface area contributed by atoms with Crippen LogP contribution in [0.4, 0.5) is 0 Å². The fraction of sp³-hybridized carbons (Fsp3) is 0.571. The van der Waals surface area contributed by atoms with E-state index in [0.29, 0.717) is 6.04 Å². The van der Waals surface area contributed by atoms with Crippen molar-refractivity contribution in [3.05, 3.63) is 35.9 Å². The second-order valence-corrected chi connectivity index (χ2v) is 4.75. The molecule has 0 radical (unpaired) electrons. The van der Waals surface area contributed by atoms with Gasteiger partial charge in [-0.3, -0.25) is 9.80 Å². The molecule has 1 aliphatic rings. The molecule has 1 aromatic carbocycles. The van der Waals surface area contributed by atoms with Crippen LogP contribution in [0.3, 0.4) is 0 Å². The zero-order valence-electron chi connectivity index (χ0n) is 10.7. The number of benzene rings is 1. The molecule has 17 heavy (non-hydrogen) atoms. The Bertz CT molecular complexity index is 317. The molecule has 0 bridgehead atoms. The van der Waals surface area contributed by atoms with Crippen molar-refractivity contribution in [1.82, 2.24) is 9.80 Å². The van der Waals surface area contributed by atoms with Gasteiger partial charge in [-0.15, -0.1) is 0 Å². The molecule has 2 N–H and O–H groups in total. The zero-order chi connectivity index (χ0) is 12.1. The minimum atomic E-state index is 0.524. The van der Waals surface area contributed by atoms with Crippen LogP contribution in [0.25, 0.3) is 0 Å². The first-order valence-corrected chi connectivity index (χ1v) is 6.52. The molecule has 0 aliphatic carbocycles. The van der Waals surface area contributed by atoms with E-state index in [2.05, 4.69) is 47.1 Å². The van der Waals surface area contributed by atoms with E-state index >= 15 is 0 Å². The standard InChI is InChI=1S/C14H23N3/c1-13(14-5-3-2-4-6-14)17-11-9-16(8-7-15)10-12-17/h2-6,13H,7-12,15H2,1H3. The summed E-state index contributed by atoms with van der Waals surface area (Å²) in [7, 11) is 0. The molecular weight excluding hydrogens is 210 g/mol. The van der Waals surface area contributed by atoms with Gasteiger partial charge >= 0.3 is 0 Å². The number of hydrogen-bond donors (Lipinski definition) is 1. The Morgan fingerprint density at radius 1 is 1.12 bits per heavy atom. The van der Waals surface area contributed by atoms with Crippen LogP contribution in [-0.2, 0) is 0 Å². The molecule has 0 aromatic heterocycles. The normalized spacial score (nSPS) is 20.4. The summed E-state index contributed by atoms with van der Waals surface area (Å²) in [4.78, 5) is 5.01. The van der Waals surface area contributed by atoms with Gasteiger partial charge in [-0.05, 0) is 12.5 Å². The van der Waals surface area contributed by atoms with Gasteiger partial charge in [-0.2, -0.15) is 0 Å². The van der Waals surface area contributed by atoms with Crippen LogP contribution in [0.2, 0.25) is 0 Å². The summed E-state index contributed by atoms with van der Waals surface area (Å²) in [6.07, 6.45) is 0. The van der Waals surface area contributed by atoms with Crippen molar-refractivity contribution in [3.63, 3.8) is 0 Å². The summed E-state index contributed by atoms with van der Waals surface area (Å²) in [6, 6.07) is 11.3. The lowest BCUT2D eigenvalue weighted by Gasteiger charge is -2.38. The van der Waals surface area contributed by atoms with Crippen molar-refractivity contribution < 1.29 is 0 Å². The number of nitrogens with two attached hydrogens (primary N) is 1. The first-order chi connectivity index (χ1) is 8.31. The van der Waals surface area contributed by atoms with Crippen LogP contribution >= 0.6 is 0 Å². The molecule has 0 spiro atoms. The molecule has 1 heterocycles. The summed E-state index contributed by atoms with van der Waals surface area (Å²) in [5.74, 6) is 0. The maximum absolute atomic E-state index is 5.59. The van der Waals surface area contributed by atoms with E-state index in [9.17, 15) is 0 Å². The minimum Gasteiger partial charge on any atom is -0.329 e. The van der Waals surface area contributed by atoms with Crippen LogP contribution in [0.1, 0.15) is 18.5 Å². The number of nitrogens with zero attached hydrogens (tertiary/aromatic N) is 2. The maximum atomic E-state index is 5.59. The lowest BCUT2D eigenvalue weighted by molar-refractivity contribution is 0.104. The highest BCUT2D eigenvalue weighted by Crippen LogP contribution is 2.20. The summed E-state index contributed by atoms with van der Waals surface area (Å²) >= 11 is 0. The minimum absolute atomic E-state index is 0.524. The third-order valence-corrected chi connectivity index (χ3v) is 3.68. The van der Waals surface area contributed by atoms with Gasteiger partial charge < -0.3 is 5.73 Å². The van der Waals surface area contributed by atoms with Gasteiger partial charge in [-0.25, -0.2) is 0 Å². The third-order valence-electron chi connectivity index (χ3n) is 3.68. The largest absolute Gasteiger partial charge is 0.329 e. The summed E-state index contributed by atoms with van der Waals surface area (Å²) in [6.45, 7) is 8.70. The highest BCUT2D eigenvalue weighted by atomic mass is 15.3. The van der Waals surface area contributed by atoms with Gasteiger partial charge in [0.2, 0.25) is 0 Å². The number of hydrogen-bond acceptors (Lipinski definition) is 3. The first kappa shape index (κ1) is 12.6. The predicted octanol–water partition coefficient (Wildman–Crippen LogP) is 1.32. The Kier molecular flexibility index (Phi) is 4.54. The molecule has 1 fully saturated rings. The smallest absolute Gasteiger partial charge is 0.0320 e. The van der Waals surface area contributed by atoms with Crippen molar-refractivity contribution in [2.75, 3.05) is 39.3 Å². The Balaban J connectivity index is 1.88. The summed E-state index contributed by atoms with van der Waals surface area (Å²) in [5, 5.41) is 0. The second kappa shape index (κ2) is 6.15.